The standard InChI is InChI=1S/C62H47N/c1-61(2)55-31-16-14-29-51(55)53-37-35-49(41-57(53)61)63(59-38-34-42-19-12-13-28-50(42)60(59)43-20-6-3-7-21-43)48-27-18-22-44(39-48)45-33-36-54-52-30-15-17-32-56(52)62(58(54)40-45,46-23-8-4-9-24-46)47-25-10-5-11-26-47/h3-15,17-30,32-41H,16,31H2,1-2H3. The Bertz CT molecular complexity index is 3260. The van der Waals surface area contributed by atoms with Crippen molar-refractivity contribution in [2.24, 2.45) is 0 Å². The zero-order valence-electron chi connectivity index (χ0n) is 35.7. The van der Waals surface area contributed by atoms with E-state index in [1.54, 1.807) is 5.57 Å². The van der Waals surface area contributed by atoms with E-state index in [9.17, 15) is 0 Å². The Kier molecular flexibility index (Phi) is 8.63. The fraction of sp³-hybridized carbons (Fsp3) is 0.0968. The van der Waals surface area contributed by atoms with Gasteiger partial charge in [0.15, 0.2) is 0 Å². The Morgan fingerprint density at radius 2 is 1.08 bits per heavy atom. The smallest absolute Gasteiger partial charge is 0.0713 e. The first-order valence-electron chi connectivity index (χ1n) is 22.4. The van der Waals surface area contributed by atoms with Crippen LogP contribution in [0.25, 0.3) is 49.7 Å². The zero-order valence-corrected chi connectivity index (χ0v) is 35.7. The summed E-state index contributed by atoms with van der Waals surface area (Å²) in [4.78, 5) is 2.52. The molecule has 3 aliphatic carbocycles. The molecule has 0 heterocycles. The lowest BCUT2D eigenvalue weighted by atomic mass is 9.67. The Morgan fingerprint density at radius 1 is 0.444 bits per heavy atom. The average Bonchev–Trinajstić information content (AvgIpc) is 3.77. The molecule has 3 aliphatic rings. The van der Waals surface area contributed by atoms with Crippen LogP contribution in [0.5, 0.6) is 0 Å². The molecule has 300 valence electrons. The minimum absolute atomic E-state index is 0.0589. The highest BCUT2D eigenvalue weighted by Crippen LogP contribution is 2.57. The van der Waals surface area contributed by atoms with Gasteiger partial charge in [0, 0.05) is 22.4 Å². The number of allylic oxidation sites excluding steroid dienone is 4. The van der Waals surface area contributed by atoms with E-state index >= 15 is 0 Å². The van der Waals surface area contributed by atoms with Crippen LogP contribution in [0.3, 0.4) is 0 Å². The second kappa shape index (κ2) is 14.6. The van der Waals surface area contributed by atoms with Crippen LogP contribution in [0.1, 0.15) is 60.1 Å². The molecule has 0 saturated carbocycles. The molecule has 0 bridgehead atoms. The molecule has 1 nitrogen and oxygen atoms in total. The summed E-state index contributed by atoms with van der Waals surface area (Å²) in [5.41, 5.74) is 21.2. The van der Waals surface area contributed by atoms with Gasteiger partial charge >= 0.3 is 0 Å². The Balaban J connectivity index is 1.08. The van der Waals surface area contributed by atoms with Gasteiger partial charge in [-0.1, -0.05) is 207 Å². The van der Waals surface area contributed by atoms with Crippen molar-refractivity contribution in [3.05, 3.63) is 263 Å². The maximum atomic E-state index is 2.52. The van der Waals surface area contributed by atoms with Crippen LogP contribution in [-0.4, -0.2) is 0 Å². The molecular formula is C62H47N. The first-order chi connectivity index (χ1) is 31.0. The molecule has 0 saturated heterocycles. The molecule has 0 aliphatic heterocycles. The number of rotatable bonds is 7. The topological polar surface area (TPSA) is 3.24 Å². The quantitative estimate of drug-likeness (QED) is 0.155. The summed E-state index contributed by atoms with van der Waals surface area (Å²) in [7, 11) is 0. The first kappa shape index (κ1) is 37.3. The van der Waals surface area contributed by atoms with Gasteiger partial charge in [-0.3, -0.25) is 0 Å². The average molecular weight is 806 g/mol. The number of anilines is 3. The van der Waals surface area contributed by atoms with Gasteiger partial charge in [0.1, 0.15) is 0 Å². The molecule has 0 atom stereocenters. The zero-order chi connectivity index (χ0) is 42.1. The molecule has 0 radical (unpaired) electrons. The molecule has 0 N–H and O–H groups in total. The van der Waals surface area contributed by atoms with Gasteiger partial charge in [0.05, 0.1) is 11.1 Å². The maximum absolute atomic E-state index is 2.52. The van der Waals surface area contributed by atoms with E-state index in [4.69, 9.17) is 0 Å². The minimum atomic E-state index is -0.469. The Labute approximate surface area is 371 Å². The van der Waals surface area contributed by atoms with Crippen molar-refractivity contribution in [1.82, 2.24) is 0 Å². The lowest BCUT2D eigenvalue weighted by molar-refractivity contribution is 0.607. The highest BCUT2D eigenvalue weighted by atomic mass is 15.1. The number of nitrogens with zero attached hydrogens (tertiary/aromatic N) is 1. The second-order valence-electron chi connectivity index (χ2n) is 17.9. The van der Waals surface area contributed by atoms with Crippen molar-refractivity contribution in [1.29, 1.82) is 0 Å². The molecule has 1 heteroatoms. The summed E-state index contributed by atoms with van der Waals surface area (Å²) in [6.07, 6.45) is 6.92. The van der Waals surface area contributed by atoms with E-state index in [0.717, 1.165) is 29.9 Å². The fourth-order valence-corrected chi connectivity index (χ4v) is 11.4. The van der Waals surface area contributed by atoms with E-state index in [1.165, 1.54) is 83.1 Å². The summed E-state index contributed by atoms with van der Waals surface area (Å²) in [5.74, 6) is 0. The van der Waals surface area contributed by atoms with Crippen LogP contribution in [0.4, 0.5) is 17.1 Å². The van der Waals surface area contributed by atoms with E-state index in [1.807, 2.05) is 0 Å². The molecule has 12 rings (SSSR count). The summed E-state index contributed by atoms with van der Waals surface area (Å²) in [6, 6.07) is 79.2. The van der Waals surface area contributed by atoms with Crippen molar-refractivity contribution < 1.29 is 0 Å². The number of hydrogen-bond donors (Lipinski definition) is 0. The van der Waals surface area contributed by atoms with E-state index in [2.05, 4.69) is 243 Å². The van der Waals surface area contributed by atoms with Crippen molar-refractivity contribution >= 4 is 33.4 Å². The predicted octanol–water partition coefficient (Wildman–Crippen LogP) is 16.4. The summed E-state index contributed by atoms with van der Waals surface area (Å²) in [5, 5.41) is 2.47. The molecule has 9 aromatic rings. The van der Waals surface area contributed by atoms with Gasteiger partial charge in [0.25, 0.3) is 0 Å². The van der Waals surface area contributed by atoms with Gasteiger partial charge in [-0.2, -0.15) is 0 Å². The van der Waals surface area contributed by atoms with E-state index in [0.29, 0.717) is 0 Å². The van der Waals surface area contributed by atoms with Gasteiger partial charge in [-0.05, 0) is 127 Å². The van der Waals surface area contributed by atoms with Crippen LogP contribution in [0, 0.1) is 0 Å². The summed E-state index contributed by atoms with van der Waals surface area (Å²) >= 11 is 0. The molecule has 0 unspecified atom stereocenters. The molecule has 0 fully saturated rings. The molecule has 9 aromatic carbocycles. The third-order valence-corrected chi connectivity index (χ3v) is 14.3. The lowest BCUT2D eigenvalue weighted by Crippen LogP contribution is -2.28. The lowest BCUT2D eigenvalue weighted by Gasteiger charge is -2.34. The van der Waals surface area contributed by atoms with Gasteiger partial charge < -0.3 is 4.90 Å². The van der Waals surface area contributed by atoms with E-state index in [-0.39, 0.29) is 5.41 Å². The highest BCUT2D eigenvalue weighted by molar-refractivity contribution is 6.05. The molecular weight excluding hydrogens is 759 g/mol. The first-order valence-corrected chi connectivity index (χ1v) is 22.4. The van der Waals surface area contributed by atoms with Gasteiger partial charge in [-0.15, -0.1) is 0 Å². The largest absolute Gasteiger partial charge is 0.310 e. The van der Waals surface area contributed by atoms with Crippen LogP contribution in [-0.2, 0) is 10.8 Å². The number of hydrogen-bond acceptors (Lipinski definition) is 1. The van der Waals surface area contributed by atoms with Crippen LogP contribution < -0.4 is 4.90 Å². The van der Waals surface area contributed by atoms with E-state index < -0.39 is 5.41 Å². The SMILES string of the molecule is CC1(C)C2=C(C=CCC2)c2ccc(N(c3cccc(-c4ccc5c(c4)C(c4ccccc4)(c4ccccc4)c4ccccc4-5)c3)c3ccc4ccccc4c3-c3ccccc3)cc21. The summed E-state index contributed by atoms with van der Waals surface area (Å²) in [6.45, 7) is 4.84. The third-order valence-electron chi connectivity index (χ3n) is 14.3. The monoisotopic (exact) mass is 805 g/mol. The van der Waals surface area contributed by atoms with Crippen LogP contribution >= 0.6 is 0 Å². The van der Waals surface area contributed by atoms with Gasteiger partial charge in [0.2, 0.25) is 0 Å². The van der Waals surface area contributed by atoms with Crippen molar-refractivity contribution in [2.45, 2.75) is 37.5 Å². The Morgan fingerprint density at radius 3 is 1.87 bits per heavy atom. The predicted molar refractivity (Wildman–Crippen MR) is 265 cm³/mol. The van der Waals surface area contributed by atoms with Crippen LogP contribution in [0.2, 0.25) is 0 Å². The van der Waals surface area contributed by atoms with Crippen molar-refractivity contribution in [3.8, 4) is 33.4 Å². The number of benzene rings is 9. The number of fused-ring (bicyclic) bond motifs is 6. The Hall–Kier alpha value is -7.48. The maximum Gasteiger partial charge on any atom is 0.0713 e. The molecule has 63 heavy (non-hydrogen) atoms. The van der Waals surface area contributed by atoms with Gasteiger partial charge in [-0.25, -0.2) is 0 Å². The highest BCUT2D eigenvalue weighted by Gasteiger charge is 2.46. The van der Waals surface area contributed by atoms with Crippen LogP contribution in [0.15, 0.2) is 230 Å². The normalized spacial score (nSPS) is 15.1. The third kappa shape index (κ3) is 5.69. The van der Waals surface area contributed by atoms with Crippen molar-refractivity contribution in [2.75, 3.05) is 4.90 Å². The second-order valence-corrected chi connectivity index (χ2v) is 17.9. The molecule has 0 aromatic heterocycles. The molecule has 0 spiro atoms. The molecule has 0 amide bonds. The fourth-order valence-electron chi connectivity index (χ4n) is 11.4. The minimum Gasteiger partial charge on any atom is -0.310 e. The summed E-state index contributed by atoms with van der Waals surface area (Å²) < 4.78 is 0. The van der Waals surface area contributed by atoms with Crippen molar-refractivity contribution in [3.63, 3.8) is 0 Å².